The van der Waals surface area contributed by atoms with Crippen LogP contribution in [-0.4, -0.2) is 47.7 Å². The van der Waals surface area contributed by atoms with Gasteiger partial charge in [0.2, 0.25) is 5.91 Å². The Labute approximate surface area is 211 Å². The molecule has 0 aromatic heterocycles. The van der Waals surface area contributed by atoms with E-state index in [4.69, 9.17) is 0 Å². The third-order valence-corrected chi connectivity index (χ3v) is 7.38. The van der Waals surface area contributed by atoms with Crippen molar-refractivity contribution in [2.24, 2.45) is 5.92 Å². The topological polar surface area (TPSA) is 40.6 Å². The molecule has 2 aliphatic heterocycles. The average molecular weight is 483 g/mol. The van der Waals surface area contributed by atoms with Crippen LogP contribution >= 0.6 is 12.4 Å². The normalized spacial score (nSPS) is 16.9. The van der Waals surface area contributed by atoms with Crippen molar-refractivity contribution in [3.05, 3.63) is 70.8 Å². The van der Waals surface area contributed by atoms with Crippen molar-refractivity contribution in [1.29, 1.82) is 0 Å². The number of piperidine rings is 1. The number of carbonyl (C=O) groups is 2. The van der Waals surface area contributed by atoms with E-state index in [9.17, 15) is 9.59 Å². The van der Waals surface area contributed by atoms with E-state index in [-0.39, 0.29) is 18.2 Å². The molecule has 1 amide bonds. The number of amides is 1. The zero-order valence-corrected chi connectivity index (χ0v) is 21.3. The lowest BCUT2D eigenvalue weighted by Crippen LogP contribution is -2.38. The molecule has 0 saturated carbocycles. The molecule has 4 nitrogen and oxygen atoms in total. The van der Waals surface area contributed by atoms with Gasteiger partial charge in [-0.2, -0.15) is 0 Å². The number of fused-ring (bicyclic) bond motifs is 1. The minimum Gasteiger partial charge on any atom is -0.343 e. The fourth-order valence-corrected chi connectivity index (χ4v) is 5.27. The van der Waals surface area contributed by atoms with Crippen LogP contribution in [0.3, 0.4) is 0 Å². The van der Waals surface area contributed by atoms with Gasteiger partial charge >= 0.3 is 0 Å². The molecule has 5 heteroatoms. The van der Waals surface area contributed by atoms with E-state index in [0.717, 1.165) is 76.8 Å². The number of hydrogen-bond donors (Lipinski definition) is 0. The van der Waals surface area contributed by atoms with E-state index < -0.39 is 0 Å². The van der Waals surface area contributed by atoms with E-state index in [0.29, 0.717) is 24.7 Å². The number of ketones is 1. The molecule has 2 aliphatic rings. The van der Waals surface area contributed by atoms with Gasteiger partial charge in [0.05, 0.1) is 0 Å². The Hall–Kier alpha value is -2.17. The zero-order valence-electron chi connectivity index (χ0n) is 20.5. The monoisotopic (exact) mass is 482 g/mol. The van der Waals surface area contributed by atoms with Crippen LogP contribution < -0.4 is 0 Å². The number of likely N-dealkylation sites (tertiary alicyclic amines) is 1. The second kappa shape index (κ2) is 13.1. The number of hydrogen-bond acceptors (Lipinski definition) is 3. The van der Waals surface area contributed by atoms with Crippen molar-refractivity contribution < 1.29 is 9.59 Å². The largest absolute Gasteiger partial charge is 0.343 e. The van der Waals surface area contributed by atoms with Crippen molar-refractivity contribution in [1.82, 2.24) is 9.80 Å². The number of nitrogens with zero attached hydrogens (tertiary/aromatic N) is 2. The summed E-state index contributed by atoms with van der Waals surface area (Å²) in [5.74, 6) is 1.12. The summed E-state index contributed by atoms with van der Waals surface area (Å²) in [6.45, 7) is 6.86. The summed E-state index contributed by atoms with van der Waals surface area (Å²) >= 11 is 0. The van der Waals surface area contributed by atoms with Crippen LogP contribution in [0.2, 0.25) is 0 Å². The van der Waals surface area contributed by atoms with Gasteiger partial charge in [0.15, 0.2) is 5.78 Å². The van der Waals surface area contributed by atoms with Crippen molar-refractivity contribution in [2.75, 3.05) is 26.2 Å². The summed E-state index contributed by atoms with van der Waals surface area (Å²) in [5, 5.41) is 0. The average Bonchev–Trinajstić information content (AvgIpc) is 3.05. The summed E-state index contributed by atoms with van der Waals surface area (Å²) < 4.78 is 0. The summed E-state index contributed by atoms with van der Waals surface area (Å²) in [5.41, 5.74) is 4.98. The molecule has 0 bridgehead atoms. The van der Waals surface area contributed by atoms with Crippen LogP contribution in [0.5, 0.6) is 0 Å². The maximum Gasteiger partial charge on any atom is 0.222 e. The lowest BCUT2D eigenvalue weighted by Gasteiger charge is -2.32. The Morgan fingerprint density at radius 1 is 0.882 bits per heavy atom. The fraction of sp³-hybridized carbons (Fsp3) is 0.517. The molecule has 4 rings (SSSR count). The number of carbonyl (C=O) groups excluding carboxylic acids is 2. The van der Waals surface area contributed by atoms with Crippen molar-refractivity contribution >= 4 is 24.1 Å². The predicted molar refractivity (Wildman–Crippen MR) is 141 cm³/mol. The van der Waals surface area contributed by atoms with Gasteiger partial charge in [-0.3, -0.25) is 14.5 Å². The summed E-state index contributed by atoms with van der Waals surface area (Å²) in [6.07, 6.45) is 7.25. The van der Waals surface area contributed by atoms with Crippen LogP contribution in [0.25, 0.3) is 0 Å². The summed E-state index contributed by atoms with van der Waals surface area (Å²) in [7, 11) is 0. The molecule has 0 radical (unpaired) electrons. The van der Waals surface area contributed by atoms with Gasteiger partial charge in [0.25, 0.3) is 0 Å². The highest BCUT2D eigenvalue weighted by atomic mass is 35.5. The molecule has 0 N–H and O–H groups in total. The molecule has 2 aromatic carbocycles. The molecule has 0 atom stereocenters. The Morgan fingerprint density at radius 2 is 1.59 bits per heavy atom. The molecule has 2 aromatic rings. The zero-order chi connectivity index (χ0) is 23.0. The van der Waals surface area contributed by atoms with E-state index in [1.54, 1.807) is 0 Å². The smallest absolute Gasteiger partial charge is 0.222 e. The number of halogens is 1. The lowest BCUT2D eigenvalue weighted by molar-refractivity contribution is -0.132. The molecule has 1 saturated heterocycles. The first-order valence-electron chi connectivity index (χ1n) is 12.8. The van der Waals surface area contributed by atoms with E-state index >= 15 is 0 Å². The molecule has 0 unspecified atom stereocenters. The standard InChI is InChI=1S/C29H38N2O2.ClH/c1-2-6-29(33)31-19-13-23(14-20-31)9-12-28(32)27-11-10-25-15-17-30(18-16-26(25)21-27)22-24-7-4-3-5-8-24;/h3-5,7-8,10-11,21,23H,2,6,9,12-20,22H2,1H3;1H. The van der Waals surface area contributed by atoms with E-state index in [1.807, 2.05) is 11.0 Å². The molecule has 184 valence electrons. The first-order valence-corrected chi connectivity index (χ1v) is 12.8. The van der Waals surface area contributed by atoms with Gasteiger partial charge in [-0.1, -0.05) is 49.4 Å². The van der Waals surface area contributed by atoms with Crippen LogP contribution in [-0.2, 0) is 24.2 Å². The number of benzene rings is 2. The van der Waals surface area contributed by atoms with E-state index in [2.05, 4.69) is 54.3 Å². The first-order chi connectivity index (χ1) is 16.1. The Bertz CT molecular complexity index is 938. The molecule has 0 spiro atoms. The minimum atomic E-state index is 0. The fourth-order valence-electron chi connectivity index (χ4n) is 5.27. The third kappa shape index (κ3) is 7.16. The van der Waals surface area contributed by atoms with Gasteiger partial charge in [0.1, 0.15) is 0 Å². The summed E-state index contributed by atoms with van der Waals surface area (Å²) in [6, 6.07) is 17.1. The van der Waals surface area contributed by atoms with Crippen LogP contribution in [0, 0.1) is 5.92 Å². The third-order valence-electron chi connectivity index (χ3n) is 7.38. The van der Waals surface area contributed by atoms with Crippen molar-refractivity contribution in [3.8, 4) is 0 Å². The van der Waals surface area contributed by atoms with Crippen molar-refractivity contribution in [2.45, 2.75) is 64.8 Å². The number of rotatable bonds is 8. The van der Waals surface area contributed by atoms with E-state index in [1.165, 1.54) is 16.7 Å². The molecular weight excluding hydrogens is 444 g/mol. The minimum absolute atomic E-state index is 0. The Kier molecular flexibility index (Phi) is 10.2. The lowest BCUT2D eigenvalue weighted by atomic mass is 9.89. The predicted octanol–water partition coefficient (Wildman–Crippen LogP) is 5.71. The molecule has 2 heterocycles. The van der Waals surface area contributed by atoms with Gasteiger partial charge in [-0.05, 0) is 67.2 Å². The molecule has 0 aliphatic carbocycles. The summed E-state index contributed by atoms with van der Waals surface area (Å²) in [4.78, 5) is 29.6. The van der Waals surface area contributed by atoms with Crippen LogP contribution in [0.15, 0.2) is 48.5 Å². The van der Waals surface area contributed by atoms with Gasteiger partial charge in [0, 0.05) is 51.1 Å². The molecular formula is C29H39ClN2O2. The van der Waals surface area contributed by atoms with Crippen molar-refractivity contribution in [3.63, 3.8) is 0 Å². The number of Topliss-reactive ketones (excluding diaryl/α,β-unsaturated/α-hetero) is 1. The first kappa shape index (κ1) is 26.4. The highest BCUT2D eigenvalue weighted by Crippen LogP contribution is 2.25. The highest BCUT2D eigenvalue weighted by Gasteiger charge is 2.23. The molecule has 34 heavy (non-hydrogen) atoms. The Morgan fingerprint density at radius 3 is 2.29 bits per heavy atom. The maximum atomic E-state index is 12.9. The molecule has 1 fully saturated rings. The second-order valence-corrected chi connectivity index (χ2v) is 9.78. The maximum absolute atomic E-state index is 12.9. The quantitative estimate of drug-likeness (QED) is 0.452. The van der Waals surface area contributed by atoms with Gasteiger partial charge in [-0.25, -0.2) is 0 Å². The van der Waals surface area contributed by atoms with Crippen LogP contribution in [0.4, 0.5) is 0 Å². The van der Waals surface area contributed by atoms with Crippen LogP contribution in [0.1, 0.15) is 72.5 Å². The van der Waals surface area contributed by atoms with Gasteiger partial charge in [-0.15, -0.1) is 12.4 Å². The Balaban J connectivity index is 0.00000324. The highest BCUT2D eigenvalue weighted by molar-refractivity contribution is 5.96. The van der Waals surface area contributed by atoms with Gasteiger partial charge < -0.3 is 4.90 Å². The second-order valence-electron chi connectivity index (χ2n) is 9.78. The SMILES string of the molecule is CCCC(=O)N1CCC(CCC(=O)c2ccc3c(c2)CCN(Cc2ccccc2)CC3)CC1.Cl.